The first-order valence-corrected chi connectivity index (χ1v) is 7.28. The van der Waals surface area contributed by atoms with Crippen LogP contribution >= 0.6 is 0 Å². The highest BCUT2D eigenvalue weighted by molar-refractivity contribution is 5.92. The van der Waals surface area contributed by atoms with Crippen molar-refractivity contribution in [3.8, 4) is 11.8 Å². The summed E-state index contributed by atoms with van der Waals surface area (Å²) in [5, 5.41) is 11.8. The molecule has 1 aliphatic rings. The number of hydrogen-bond acceptors (Lipinski definition) is 4. The zero-order valence-corrected chi connectivity index (χ0v) is 12.3. The van der Waals surface area contributed by atoms with Crippen molar-refractivity contribution >= 4 is 11.6 Å². The lowest BCUT2D eigenvalue weighted by Crippen LogP contribution is -2.39. The molecule has 1 saturated carbocycles. The summed E-state index contributed by atoms with van der Waals surface area (Å²) in [5.74, 6) is 0.614. The Morgan fingerprint density at radius 3 is 2.90 bits per heavy atom. The normalized spacial score (nSPS) is 14.9. The van der Waals surface area contributed by atoms with Crippen LogP contribution in [-0.4, -0.2) is 37.0 Å². The number of hydrogen-bond donors (Lipinski definition) is 1. The summed E-state index contributed by atoms with van der Waals surface area (Å²) in [6.45, 7) is 0.561. The van der Waals surface area contributed by atoms with Gasteiger partial charge in [-0.05, 0) is 25.0 Å². The lowest BCUT2D eigenvalue weighted by Gasteiger charge is -2.25. The van der Waals surface area contributed by atoms with Crippen LogP contribution in [0.5, 0.6) is 5.75 Å². The average molecular weight is 287 g/mol. The van der Waals surface area contributed by atoms with Gasteiger partial charge < -0.3 is 10.1 Å². The minimum atomic E-state index is -0.0922. The Hall–Kier alpha value is -2.06. The van der Waals surface area contributed by atoms with Crippen molar-refractivity contribution in [1.82, 2.24) is 4.90 Å². The van der Waals surface area contributed by atoms with E-state index in [1.54, 1.807) is 13.2 Å². The average Bonchev–Trinajstić information content (AvgIpc) is 3.01. The Labute approximate surface area is 125 Å². The summed E-state index contributed by atoms with van der Waals surface area (Å²) >= 11 is 0. The van der Waals surface area contributed by atoms with E-state index >= 15 is 0 Å². The van der Waals surface area contributed by atoms with Gasteiger partial charge in [0.05, 0.1) is 26.3 Å². The molecule has 5 nitrogen and oxygen atoms in total. The van der Waals surface area contributed by atoms with Crippen molar-refractivity contribution < 1.29 is 9.53 Å². The number of amides is 1. The monoisotopic (exact) mass is 287 g/mol. The number of carbonyl (C=O) groups excluding carboxylic acids is 1. The van der Waals surface area contributed by atoms with Crippen LogP contribution < -0.4 is 10.1 Å². The van der Waals surface area contributed by atoms with E-state index in [1.165, 1.54) is 12.8 Å². The van der Waals surface area contributed by atoms with E-state index in [0.29, 0.717) is 24.0 Å². The van der Waals surface area contributed by atoms with Gasteiger partial charge in [0.2, 0.25) is 5.91 Å². The molecule has 0 spiro atoms. The van der Waals surface area contributed by atoms with Crippen molar-refractivity contribution in [3.63, 3.8) is 0 Å². The Kier molecular flexibility index (Phi) is 5.59. The van der Waals surface area contributed by atoms with Gasteiger partial charge in [0.25, 0.3) is 0 Å². The molecule has 21 heavy (non-hydrogen) atoms. The molecule has 0 heterocycles. The number of carbonyl (C=O) groups is 1. The molecule has 5 heteroatoms. The molecule has 1 aromatic rings. The zero-order chi connectivity index (χ0) is 15.1. The molecular formula is C16H21N3O2. The van der Waals surface area contributed by atoms with Crippen molar-refractivity contribution in [1.29, 1.82) is 5.26 Å². The standard InChI is InChI=1S/C16H21N3O2/c1-21-15-8-4-5-13(11-15)18-16(20)12-19(10-9-17)14-6-2-3-7-14/h4-5,8,11,14H,2-3,6-7,10,12H2,1H3,(H,18,20). The Morgan fingerprint density at radius 2 is 2.24 bits per heavy atom. The molecular weight excluding hydrogens is 266 g/mol. The number of benzene rings is 1. The number of nitriles is 1. The van der Waals surface area contributed by atoms with Gasteiger partial charge in [-0.1, -0.05) is 18.9 Å². The molecule has 0 atom stereocenters. The van der Waals surface area contributed by atoms with Crippen molar-refractivity contribution in [3.05, 3.63) is 24.3 Å². The Bertz CT molecular complexity index is 518. The van der Waals surface area contributed by atoms with Crippen LogP contribution in [0.15, 0.2) is 24.3 Å². The topological polar surface area (TPSA) is 65.4 Å². The minimum absolute atomic E-state index is 0.0922. The van der Waals surface area contributed by atoms with Gasteiger partial charge >= 0.3 is 0 Å². The largest absolute Gasteiger partial charge is 0.497 e. The van der Waals surface area contributed by atoms with Gasteiger partial charge in [0.1, 0.15) is 5.75 Å². The fraction of sp³-hybridized carbons (Fsp3) is 0.500. The third kappa shape index (κ3) is 4.47. The van der Waals surface area contributed by atoms with E-state index in [2.05, 4.69) is 11.4 Å². The Morgan fingerprint density at radius 1 is 1.48 bits per heavy atom. The second-order valence-corrected chi connectivity index (χ2v) is 5.28. The minimum Gasteiger partial charge on any atom is -0.497 e. The molecule has 0 unspecified atom stereocenters. The number of methoxy groups -OCH3 is 1. The maximum Gasteiger partial charge on any atom is 0.238 e. The van der Waals surface area contributed by atoms with Gasteiger partial charge in [-0.3, -0.25) is 9.69 Å². The first kappa shape index (κ1) is 15.3. The van der Waals surface area contributed by atoms with Crippen molar-refractivity contribution in [2.75, 3.05) is 25.5 Å². The summed E-state index contributed by atoms with van der Waals surface area (Å²) in [7, 11) is 1.59. The molecule has 0 aliphatic heterocycles. The van der Waals surface area contributed by atoms with Crippen LogP contribution in [0.3, 0.4) is 0 Å². The van der Waals surface area contributed by atoms with Crippen LogP contribution in [0.1, 0.15) is 25.7 Å². The smallest absolute Gasteiger partial charge is 0.238 e. The molecule has 112 valence electrons. The lowest BCUT2D eigenvalue weighted by molar-refractivity contribution is -0.117. The maximum atomic E-state index is 12.2. The molecule has 1 aliphatic carbocycles. The summed E-state index contributed by atoms with van der Waals surface area (Å²) in [4.78, 5) is 14.1. The van der Waals surface area contributed by atoms with E-state index in [0.717, 1.165) is 12.8 Å². The fourth-order valence-corrected chi connectivity index (χ4v) is 2.76. The van der Waals surface area contributed by atoms with Crippen LogP contribution in [0.2, 0.25) is 0 Å². The highest BCUT2D eigenvalue weighted by Crippen LogP contribution is 2.23. The van der Waals surface area contributed by atoms with Crippen LogP contribution in [0, 0.1) is 11.3 Å². The summed E-state index contributed by atoms with van der Waals surface area (Å²) in [5.41, 5.74) is 0.711. The highest BCUT2D eigenvalue weighted by atomic mass is 16.5. The van der Waals surface area contributed by atoms with Gasteiger partial charge in [-0.15, -0.1) is 0 Å². The van der Waals surface area contributed by atoms with Crippen molar-refractivity contribution in [2.24, 2.45) is 0 Å². The SMILES string of the molecule is COc1cccc(NC(=O)CN(CC#N)C2CCCC2)c1. The van der Waals surface area contributed by atoms with Gasteiger partial charge in [0.15, 0.2) is 0 Å². The predicted octanol–water partition coefficient (Wildman–Crippen LogP) is 2.40. The molecule has 0 bridgehead atoms. The number of anilines is 1. The van der Waals surface area contributed by atoms with Crippen molar-refractivity contribution in [2.45, 2.75) is 31.7 Å². The van der Waals surface area contributed by atoms with Gasteiger partial charge in [0, 0.05) is 17.8 Å². The van der Waals surface area contributed by atoms with Crippen LogP contribution in [-0.2, 0) is 4.79 Å². The summed E-state index contributed by atoms with van der Waals surface area (Å²) in [6, 6.07) is 9.79. The maximum absolute atomic E-state index is 12.2. The van der Waals surface area contributed by atoms with Crippen LogP contribution in [0.25, 0.3) is 0 Å². The highest BCUT2D eigenvalue weighted by Gasteiger charge is 2.24. The first-order chi connectivity index (χ1) is 10.2. The zero-order valence-electron chi connectivity index (χ0n) is 12.3. The van der Waals surface area contributed by atoms with E-state index in [9.17, 15) is 4.79 Å². The molecule has 2 rings (SSSR count). The molecule has 0 saturated heterocycles. The Balaban J connectivity index is 1.93. The molecule has 1 fully saturated rings. The van der Waals surface area contributed by atoms with Gasteiger partial charge in [-0.2, -0.15) is 5.26 Å². The second-order valence-electron chi connectivity index (χ2n) is 5.28. The van der Waals surface area contributed by atoms with E-state index < -0.39 is 0 Å². The van der Waals surface area contributed by atoms with Gasteiger partial charge in [-0.25, -0.2) is 0 Å². The quantitative estimate of drug-likeness (QED) is 0.816. The number of rotatable bonds is 6. The number of nitrogens with zero attached hydrogens (tertiary/aromatic N) is 2. The van der Waals surface area contributed by atoms with Crippen LogP contribution in [0.4, 0.5) is 5.69 Å². The summed E-state index contributed by atoms with van der Waals surface area (Å²) in [6.07, 6.45) is 4.52. The molecule has 1 aromatic carbocycles. The molecule has 0 radical (unpaired) electrons. The molecule has 1 N–H and O–H groups in total. The third-order valence-corrected chi connectivity index (χ3v) is 3.82. The lowest BCUT2D eigenvalue weighted by atomic mass is 10.2. The summed E-state index contributed by atoms with van der Waals surface area (Å²) < 4.78 is 5.13. The molecule has 1 amide bonds. The predicted molar refractivity (Wildman–Crippen MR) is 81.1 cm³/mol. The fourth-order valence-electron chi connectivity index (χ4n) is 2.76. The first-order valence-electron chi connectivity index (χ1n) is 7.28. The van der Waals surface area contributed by atoms with E-state index in [4.69, 9.17) is 10.00 Å². The number of nitrogens with one attached hydrogen (secondary N) is 1. The van der Waals surface area contributed by atoms with E-state index in [1.807, 2.05) is 23.1 Å². The third-order valence-electron chi connectivity index (χ3n) is 3.82. The number of ether oxygens (including phenoxy) is 1. The van der Waals surface area contributed by atoms with E-state index in [-0.39, 0.29) is 12.5 Å². The second kappa shape index (κ2) is 7.65. The molecule has 0 aromatic heterocycles.